The van der Waals surface area contributed by atoms with Gasteiger partial charge in [0.15, 0.2) is 0 Å². The van der Waals surface area contributed by atoms with Crippen LogP contribution in [0, 0.1) is 6.92 Å². The Balaban J connectivity index is 0.00000200. The highest BCUT2D eigenvalue weighted by Crippen LogP contribution is 2.10. The average molecular weight is 298 g/mol. The number of hydrogen-bond donors (Lipinski definition) is 1. The second-order valence-corrected chi connectivity index (χ2v) is 5.31. The Morgan fingerprint density at radius 3 is 2.60 bits per heavy atom. The van der Waals surface area contributed by atoms with Crippen molar-refractivity contribution >= 4 is 24.0 Å². The van der Waals surface area contributed by atoms with Gasteiger partial charge >= 0.3 is 0 Å². The van der Waals surface area contributed by atoms with Gasteiger partial charge in [-0.2, -0.15) is 0 Å². The Hall–Kier alpha value is -1.10. The number of amides is 1. The van der Waals surface area contributed by atoms with Gasteiger partial charge < -0.3 is 15.1 Å². The van der Waals surface area contributed by atoms with Gasteiger partial charge in [0.25, 0.3) is 0 Å². The molecule has 1 aromatic carbocycles. The summed E-state index contributed by atoms with van der Waals surface area (Å²) in [6.07, 6.45) is 0.567. The van der Waals surface area contributed by atoms with Crippen LogP contribution < -0.4 is 5.32 Å². The third-order valence-electron chi connectivity index (χ3n) is 3.55. The van der Waals surface area contributed by atoms with Gasteiger partial charge in [0.05, 0.1) is 0 Å². The van der Waals surface area contributed by atoms with Crippen LogP contribution in [-0.2, 0) is 4.79 Å². The quantitative estimate of drug-likeness (QED) is 0.923. The van der Waals surface area contributed by atoms with Gasteiger partial charge in [-0.05, 0) is 31.7 Å². The van der Waals surface area contributed by atoms with Crippen molar-refractivity contribution < 1.29 is 4.79 Å². The molecular weight excluding hydrogens is 274 g/mol. The van der Waals surface area contributed by atoms with Crippen molar-refractivity contribution in [2.24, 2.45) is 0 Å². The summed E-state index contributed by atoms with van der Waals surface area (Å²) in [6, 6.07) is 7.92. The molecule has 112 valence electrons. The molecule has 1 heterocycles. The Morgan fingerprint density at radius 1 is 1.25 bits per heavy atom. The number of nitrogens with zero attached hydrogens (tertiary/aromatic N) is 2. The minimum absolute atomic E-state index is 0. The third-order valence-corrected chi connectivity index (χ3v) is 3.55. The number of halogens is 1. The first kappa shape index (κ1) is 17.0. The zero-order valence-electron chi connectivity index (χ0n) is 12.3. The lowest BCUT2D eigenvalue weighted by Crippen LogP contribution is -2.45. The van der Waals surface area contributed by atoms with Crippen molar-refractivity contribution in [3.63, 3.8) is 0 Å². The summed E-state index contributed by atoms with van der Waals surface area (Å²) in [6.45, 7) is 7.20. The molecule has 2 rings (SSSR count). The van der Waals surface area contributed by atoms with Crippen LogP contribution in [0.2, 0.25) is 0 Å². The maximum absolute atomic E-state index is 11.9. The van der Waals surface area contributed by atoms with E-state index >= 15 is 0 Å². The number of likely N-dealkylation sites (N-methyl/N-ethyl adjacent to an activating group) is 1. The van der Waals surface area contributed by atoms with Crippen molar-refractivity contribution in [3.8, 4) is 0 Å². The van der Waals surface area contributed by atoms with Crippen molar-refractivity contribution in [3.05, 3.63) is 29.8 Å². The SMILES string of the molecule is Cc1cccc(NC(=O)CCN2CCN(C)CC2)c1.Cl. The number of benzene rings is 1. The largest absolute Gasteiger partial charge is 0.326 e. The number of hydrogen-bond acceptors (Lipinski definition) is 3. The molecular formula is C15H24ClN3O. The summed E-state index contributed by atoms with van der Waals surface area (Å²) in [5.74, 6) is 0.101. The normalized spacial score (nSPS) is 16.5. The summed E-state index contributed by atoms with van der Waals surface area (Å²) in [5, 5.41) is 2.96. The fraction of sp³-hybridized carbons (Fsp3) is 0.533. The van der Waals surface area contributed by atoms with E-state index in [1.807, 2.05) is 31.2 Å². The molecule has 0 saturated carbocycles. The number of aryl methyl sites for hydroxylation is 1. The second-order valence-electron chi connectivity index (χ2n) is 5.31. The van der Waals surface area contributed by atoms with Crippen LogP contribution in [0.25, 0.3) is 0 Å². The molecule has 20 heavy (non-hydrogen) atoms. The number of anilines is 1. The number of piperazine rings is 1. The Morgan fingerprint density at radius 2 is 1.95 bits per heavy atom. The number of carbonyl (C=O) groups is 1. The zero-order valence-corrected chi connectivity index (χ0v) is 13.1. The molecule has 1 aliphatic rings. The molecule has 1 saturated heterocycles. The highest BCUT2D eigenvalue weighted by Gasteiger charge is 2.14. The molecule has 5 heteroatoms. The fourth-order valence-electron chi connectivity index (χ4n) is 2.28. The van der Waals surface area contributed by atoms with E-state index in [0.717, 1.165) is 44.0 Å². The van der Waals surface area contributed by atoms with Crippen LogP contribution in [0.15, 0.2) is 24.3 Å². The lowest BCUT2D eigenvalue weighted by molar-refractivity contribution is -0.116. The highest BCUT2D eigenvalue weighted by atomic mass is 35.5. The minimum atomic E-state index is 0. The van der Waals surface area contributed by atoms with Crippen LogP contribution in [0.4, 0.5) is 5.69 Å². The van der Waals surface area contributed by atoms with Gasteiger partial charge in [-0.25, -0.2) is 0 Å². The fourth-order valence-corrected chi connectivity index (χ4v) is 2.28. The van der Waals surface area contributed by atoms with Crippen LogP contribution >= 0.6 is 12.4 Å². The van der Waals surface area contributed by atoms with E-state index in [1.54, 1.807) is 0 Å². The minimum Gasteiger partial charge on any atom is -0.326 e. The summed E-state index contributed by atoms with van der Waals surface area (Å²) in [5.41, 5.74) is 2.06. The van der Waals surface area contributed by atoms with Crippen LogP contribution in [0.3, 0.4) is 0 Å². The molecule has 0 radical (unpaired) electrons. The van der Waals surface area contributed by atoms with Crippen LogP contribution in [0.5, 0.6) is 0 Å². The third kappa shape index (κ3) is 5.49. The summed E-state index contributed by atoms with van der Waals surface area (Å²) in [7, 11) is 2.14. The maximum Gasteiger partial charge on any atom is 0.225 e. The predicted molar refractivity (Wildman–Crippen MR) is 85.6 cm³/mol. The zero-order chi connectivity index (χ0) is 13.7. The van der Waals surface area contributed by atoms with E-state index in [4.69, 9.17) is 0 Å². The van der Waals surface area contributed by atoms with Crippen molar-refractivity contribution in [1.82, 2.24) is 9.80 Å². The van der Waals surface area contributed by atoms with E-state index in [0.29, 0.717) is 6.42 Å². The van der Waals surface area contributed by atoms with Crippen LogP contribution in [-0.4, -0.2) is 55.5 Å². The van der Waals surface area contributed by atoms with Gasteiger partial charge in [-0.15, -0.1) is 12.4 Å². The second kappa shape index (κ2) is 8.25. The summed E-state index contributed by atoms with van der Waals surface area (Å²) < 4.78 is 0. The van der Waals surface area contributed by atoms with E-state index < -0.39 is 0 Å². The van der Waals surface area contributed by atoms with Crippen LogP contribution in [0.1, 0.15) is 12.0 Å². The van der Waals surface area contributed by atoms with Gasteiger partial charge in [0.1, 0.15) is 0 Å². The summed E-state index contributed by atoms with van der Waals surface area (Å²) >= 11 is 0. The molecule has 0 aliphatic carbocycles. The average Bonchev–Trinajstić information content (AvgIpc) is 2.38. The van der Waals surface area contributed by atoms with E-state index in [-0.39, 0.29) is 18.3 Å². The molecule has 0 aromatic heterocycles. The van der Waals surface area contributed by atoms with Crippen molar-refractivity contribution in [2.45, 2.75) is 13.3 Å². The Kier molecular flexibility index (Phi) is 6.99. The molecule has 1 N–H and O–H groups in total. The number of carbonyl (C=O) groups excluding carboxylic acids is 1. The Bertz CT molecular complexity index is 431. The molecule has 0 bridgehead atoms. The summed E-state index contributed by atoms with van der Waals surface area (Å²) in [4.78, 5) is 16.6. The smallest absolute Gasteiger partial charge is 0.225 e. The van der Waals surface area contributed by atoms with E-state index in [1.165, 1.54) is 0 Å². The molecule has 1 amide bonds. The molecule has 4 nitrogen and oxygen atoms in total. The Labute approximate surface area is 127 Å². The van der Waals surface area contributed by atoms with Gasteiger partial charge in [0.2, 0.25) is 5.91 Å². The molecule has 0 atom stereocenters. The van der Waals surface area contributed by atoms with Gasteiger partial charge in [-0.3, -0.25) is 4.79 Å². The molecule has 1 fully saturated rings. The molecule has 0 spiro atoms. The standard InChI is InChI=1S/C15H23N3O.ClH/c1-13-4-3-5-14(12-13)16-15(19)6-7-18-10-8-17(2)9-11-18;/h3-5,12H,6-11H2,1-2H3,(H,16,19);1H. The highest BCUT2D eigenvalue weighted by molar-refractivity contribution is 5.90. The van der Waals surface area contributed by atoms with E-state index in [9.17, 15) is 4.79 Å². The molecule has 1 aliphatic heterocycles. The first-order chi connectivity index (χ1) is 9.13. The first-order valence-corrected chi connectivity index (χ1v) is 6.91. The first-order valence-electron chi connectivity index (χ1n) is 6.91. The van der Waals surface area contributed by atoms with Crippen molar-refractivity contribution in [2.75, 3.05) is 45.1 Å². The molecule has 0 unspecified atom stereocenters. The lowest BCUT2D eigenvalue weighted by atomic mass is 10.2. The van der Waals surface area contributed by atoms with Gasteiger partial charge in [-0.1, -0.05) is 12.1 Å². The predicted octanol–water partition coefficient (Wildman–Crippen LogP) is 1.99. The number of rotatable bonds is 4. The maximum atomic E-state index is 11.9. The van der Waals surface area contributed by atoms with E-state index in [2.05, 4.69) is 22.2 Å². The number of nitrogens with one attached hydrogen (secondary N) is 1. The topological polar surface area (TPSA) is 35.6 Å². The molecule has 1 aromatic rings. The lowest BCUT2D eigenvalue weighted by Gasteiger charge is -2.32. The van der Waals surface area contributed by atoms with Crippen molar-refractivity contribution in [1.29, 1.82) is 0 Å². The monoisotopic (exact) mass is 297 g/mol. The van der Waals surface area contributed by atoms with Gasteiger partial charge in [0, 0.05) is 44.8 Å².